The molecule has 1 aromatic carbocycles. The van der Waals surface area contributed by atoms with Crippen molar-refractivity contribution in [3.63, 3.8) is 0 Å². The monoisotopic (exact) mass is 528 g/mol. The number of carboxylic acids is 1. The van der Waals surface area contributed by atoms with Crippen molar-refractivity contribution < 1.29 is 33.9 Å². The van der Waals surface area contributed by atoms with Gasteiger partial charge in [0, 0.05) is 17.8 Å². The van der Waals surface area contributed by atoms with Crippen molar-refractivity contribution in [1.29, 1.82) is 0 Å². The molecule has 4 atom stereocenters. The third-order valence-corrected chi connectivity index (χ3v) is 7.79. The van der Waals surface area contributed by atoms with Gasteiger partial charge in [0.25, 0.3) is 5.91 Å². The van der Waals surface area contributed by atoms with Crippen molar-refractivity contribution in [3.8, 4) is 0 Å². The Bertz CT molecular complexity index is 1110. The number of imide groups is 1. The summed E-state index contributed by atoms with van der Waals surface area (Å²) in [6.45, 7) is 3.69. The quantitative estimate of drug-likeness (QED) is 0.123. The Kier molecular flexibility index (Phi) is 7.93. The van der Waals surface area contributed by atoms with Crippen LogP contribution in [0.15, 0.2) is 30.3 Å². The van der Waals surface area contributed by atoms with Crippen LogP contribution in [0.2, 0.25) is 0 Å². The van der Waals surface area contributed by atoms with Gasteiger partial charge in [-0.2, -0.15) is 0 Å². The summed E-state index contributed by atoms with van der Waals surface area (Å²) in [5.41, 5.74) is -1.54. The average molecular weight is 529 g/mol. The molecule has 3 heterocycles. The molecule has 3 saturated heterocycles. The van der Waals surface area contributed by atoms with Crippen LogP contribution in [0.4, 0.5) is 9.59 Å². The molecule has 0 spiro atoms. The van der Waals surface area contributed by atoms with E-state index in [1.54, 1.807) is 44.2 Å². The van der Waals surface area contributed by atoms with Gasteiger partial charge in [0.15, 0.2) is 0 Å². The van der Waals surface area contributed by atoms with E-state index in [-0.39, 0.29) is 49.1 Å². The predicted molar refractivity (Wildman–Crippen MR) is 129 cm³/mol. The summed E-state index contributed by atoms with van der Waals surface area (Å²) >= 11 is 1.13. The number of rotatable bonds is 7. The van der Waals surface area contributed by atoms with Gasteiger partial charge < -0.3 is 31.3 Å². The van der Waals surface area contributed by atoms with Crippen LogP contribution in [-0.2, 0) is 19.2 Å². The Labute approximate surface area is 232 Å². The standard InChI is InChI=1S/C21H24N6O7S.Na.H/c1-20(2)13(15(30)31)27-16(32)21(23-10-28,17(27)35-20)25-14(29)12(11-6-4-3-5-7-11)24-19(34)26-9-8-22-18(26)33;;/h3-7,10,12-13,17H,8-9H2,1-2H3,(H,22,33)(H,23,28)(H,24,34)(H,25,29)(H,30,31);;/t12?,13-,17+,21+;;/m0../s1. The van der Waals surface area contributed by atoms with Gasteiger partial charge in [-0.3, -0.25) is 14.4 Å². The van der Waals surface area contributed by atoms with E-state index in [1.807, 2.05) is 0 Å². The molecule has 1 aromatic rings. The molecule has 3 aliphatic rings. The number of hydrogen-bond donors (Lipinski definition) is 5. The zero-order valence-corrected chi connectivity index (χ0v) is 19.6. The number of nitrogens with one attached hydrogen (secondary N) is 4. The number of urea groups is 2. The fraction of sp³-hybridized carbons (Fsp3) is 0.429. The number of carbonyl (C=O) groups is 6. The molecule has 1 unspecified atom stereocenters. The number of fused-ring (bicyclic) bond motifs is 1. The zero-order chi connectivity index (χ0) is 25.5. The second-order valence-electron chi connectivity index (χ2n) is 8.76. The van der Waals surface area contributed by atoms with Crippen LogP contribution in [0.3, 0.4) is 0 Å². The molecule has 36 heavy (non-hydrogen) atoms. The van der Waals surface area contributed by atoms with Gasteiger partial charge in [0.05, 0.1) is 0 Å². The fourth-order valence-corrected chi connectivity index (χ4v) is 6.17. The van der Waals surface area contributed by atoms with Crippen molar-refractivity contribution in [1.82, 2.24) is 31.1 Å². The Morgan fingerprint density at radius 2 is 1.89 bits per heavy atom. The molecule has 13 nitrogen and oxygen atoms in total. The van der Waals surface area contributed by atoms with Gasteiger partial charge >= 0.3 is 47.6 Å². The predicted octanol–water partition coefficient (Wildman–Crippen LogP) is -1.48. The number of thioether (sulfide) groups is 1. The fourth-order valence-electron chi connectivity index (χ4n) is 4.52. The molecule has 7 amide bonds. The second-order valence-corrected chi connectivity index (χ2v) is 10.5. The van der Waals surface area contributed by atoms with Crippen LogP contribution in [0, 0.1) is 0 Å². The normalized spacial score (nSPS) is 26.5. The van der Waals surface area contributed by atoms with Crippen LogP contribution in [-0.4, -0.2) is 116 Å². The van der Waals surface area contributed by atoms with Crippen LogP contribution < -0.4 is 21.3 Å². The van der Waals surface area contributed by atoms with Gasteiger partial charge in [0.2, 0.25) is 18.0 Å². The Morgan fingerprint density at radius 1 is 1.22 bits per heavy atom. The molecule has 0 radical (unpaired) electrons. The van der Waals surface area contributed by atoms with Crippen molar-refractivity contribution in [3.05, 3.63) is 35.9 Å². The van der Waals surface area contributed by atoms with E-state index in [4.69, 9.17) is 0 Å². The summed E-state index contributed by atoms with van der Waals surface area (Å²) in [6.07, 6.45) is 0.252. The third-order valence-electron chi connectivity index (χ3n) is 6.15. The molecule has 4 rings (SSSR count). The van der Waals surface area contributed by atoms with Gasteiger partial charge in [-0.25, -0.2) is 19.3 Å². The molecule has 5 N–H and O–H groups in total. The first-order valence-corrected chi connectivity index (χ1v) is 11.6. The van der Waals surface area contributed by atoms with Gasteiger partial charge in [0.1, 0.15) is 17.5 Å². The number of benzene rings is 1. The van der Waals surface area contributed by atoms with Crippen molar-refractivity contribution in [2.45, 2.75) is 41.7 Å². The molecular formula is C21H25N6NaO7S. The minimum absolute atomic E-state index is 0. The molecule has 0 bridgehead atoms. The number of aliphatic carboxylic acids is 1. The van der Waals surface area contributed by atoms with Gasteiger partial charge in [-0.15, -0.1) is 11.8 Å². The van der Waals surface area contributed by atoms with Crippen LogP contribution >= 0.6 is 11.8 Å². The second kappa shape index (κ2) is 10.3. The molecule has 188 valence electrons. The van der Waals surface area contributed by atoms with E-state index in [0.29, 0.717) is 5.56 Å². The van der Waals surface area contributed by atoms with E-state index in [9.17, 15) is 33.9 Å². The molecular weight excluding hydrogens is 503 g/mol. The summed E-state index contributed by atoms with van der Waals surface area (Å²) in [6, 6.07) is 4.25. The van der Waals surface area contributed by atoms with Crippen molar-refractivity contribution in [2.75, 3.05) is 13.1 Å². The number of amides is 7. The summed E-state index contributed by atoms with van der Waals surface area (Å²) in [5, 5.41) is 18.7. The van der Waals surface area contributed by atoms with E-state index >= 15 is 0 Å². The number of carbonyl (C=O) groups excluding carboxylic acids is 5. The molecule has 3 aliphatic heterocycles. The Balaban J connectivity index is 0.00000361. The first kappa shape index (κ1) is 27.8. The van der Waals surface area contributed by atoms with E-state index in [1.165, 1.54) is 0 Å². The molecule has 0 aliphatic carbocycles. The Hall–Kier alpha value is -2.81. The summed E-state index contributed by atoms with van der Waals surface area (Å²) in [4.78, 5) is 76.6. The maximum atomic E-state index is 13.5. The average Bonchev–Trinajstić information content (AvgIpc) is 3.36. The first-order chi connectivity index (χ1) is 16.5. The van der Waals surface area contributed by atoms with Crippen LogP contribution in [0.5, 0.6) is 0 Å². The van der Waals surface area contributed by atoms with E-state index < -0.39 is 57.7 Å². The number of hydrogen-bond acceptors (Lipinski definition) is 7. The summed E-state index contributed by atoms with van der Waals surface area (Å²) in [5.74, 6) is -2.82. The topological polar surface area (TPSA) is 177 Å². The van der Waals surface area contributed by atoms with E-state index in [0.717, 1.165) is 21.6 Å². The number of nitrogens with zero attached hydrogens (tertiary/aromatic N) is 2. The Morgan fingerprint density at radius 3 is 2.44 bits per heavy atom. The van der Waals surface area contributed by atoms with Gasteiger partial charge in [-0.1, -0.05) is 30.3 Å². The van der Waals surface area contributed by atoms with Crippen LogP contribution in [0.25, 0.3) is 0 Å². The first-order valence-electron chi connectivity index (χ1n) is 10.7. The SMILES string of the molecule is CC1(C)S[C@H]2N(C(=O)[C@@]2(NC=O)NC(=O)C(NC(=O)N2CCNC2=O)c2ccccc2)[C@H]1C(=O)O.[NaH]. The number of carboxylic acid groups (broad SMARTS) is 1. The van der Waals surface area contributed by atoms with Crippen molar-refractivity contribution in [2.24, 2.45) is 0 Å². The van der Waals surface area contributed by atoms with E-state index in [2.05, 4.69) is 21.3 Å². The summed E-state index contributed by atoms with van der Waals surface area (Å²) in [7, 11) is 0. The molecule has 3 fully saturated rings. The third kappa shape index (κ3) is 4.53. The number of β-lactam (4-membered cyclic amide) rings is 1. The molecule has 0 saturated carbocycles. The summed E-state index contributed by atoms with van der Waals surface area (Å²) < 4.78 is -0.903. The van der Waals surface area contributed by atoms with Crippen LogP contribution in [0.1, 0.15) is 25.5 Å². The van der Waals surface area contributed by atoms with Gasteiger partial charge in [-0.05, 0) is 19.4 Å². The maximum absolute atomic E-state index is 13.5. The van der Waals surface area contributed by atoms with Crippen molar-refractivity contribution >= 4 is 77.6 Å². The minimum atomic E-state index is -1.91. The molecule has 15 heteroatoms. The molecule has 0 aromatic heterocycles. The zero-order valence-electron chi connectivity index (χ0n) is 18.8.